The molecule has 2 aliphatic heterocycles. The Balaban J connectivity index is 0.00000169. The topological polar surface area (TPSA) is 44.4 Å². The van der Waals surface area contributed by atoms with Crippen molar-refractivity contribution < 1.29 is 4.79 Å². The molecule has 3 unspecified atom stereocenters. The van der Waals surface area contributed by atoms with Gasteiger partial charge in [0.25, 0.3) is 0 Å². The van der Waals surface area contributed by atoms with E-state index >= 15 is 0 Å². The van der Waals surface area contributed by atoms with E-state index < -0.39 is 0 Å². The van der Waals surface area contributed by atoms with Crippen molar-refractivity contribution in [3.8, 4) is 0 Å². The number of rotatable bonds is 5. The molecule has 0 radical (unpaired) electrons. The van der Waals surface area contributed by atoms with Crippen molar-refractivity contribution in [2.45, 2.75) is 50.9 Å². The number of likely N-dealkylation sites (tertiary alicyclic amines) is 1. The Kier molecular flexibility index (Phi) is 11.0. The summed E-state index contributed by atoms with van der Waals surface area (Å²) in [7, 11) is 0. The number of thioether (sulfide) groups is 1. The number of hydrogen-bond donors (Lipinski definition) is 2. The minimum absolute atomic E-state index is 0. The van der Waals surface area contributed by atoms with Crippen LogP contribution >= 0.6 is 36.6 Å². The quantitative estimate of drug-likeness (QED) is 0.769. The third-order valence-electron chi connectivity index (χ3n) is 5.04. The van der Waals surface area contributed by atoms with Gasteiger partial charge < -0.3 is 10.6 Å². The van der Waals surface area contributed by atoms with Crippen molar-refractivity contribution in [2.75, 3.05) is 24.6 Å². The highest BCUT2D eigenvalue weighted by atomic mass is 35.5. The smallest absolute Gasteiger partial charge is 0.221 e. The number of amides is 1. The van der Waals surface area contributed by atoms with E-state index in [1.807, 2.05) is 11.8 Å². The summed E-state index contributed by atoms with van der Waals surface area (Å²) in [4.78, 5) is 14.8. The number of piperidine rings is 1. The first-order valence-corrected chi connectivity index (χ1v) is 10.2. The average molecular weight is 420 g/mol. The maximum atomic E-state index is 12.3. The van der Waals surface area contributed by atoms with Gasteiger partial charge in [0.15, 0.2) is 0 Å². The van der Waals surface area contributed by atoms with Crippen molar-refractivity contribution in [3.63, 3.8) is 0 Å². The van der Waals surface area contributed by atoms with Crippen LogP contribution in [0, 0.1) is 0 Å². The van der Waals surface area contributed by atoms with E-state index in [1.165, 1.54) is 5.56 Å². The second-order valence-corrected chi connectivity index (χ2v) is 8.17. The Labute approximate surface area is 174 Å². The SMILES string of the molecule is CC1CC(NC(=O)CC2CSCCN2)CCN1Cc1ccccc1.Cl.Cl. The highest BCUT2D eigenvalue weighted by Crippen LogP contribution is 2.20. The molecule has 2 N–H and O–H groups in total. The molecule has 0 bridgehead atoms. The first-order chi connectivity index (χ1) is 11.7. The van der Waals surface area contributed by atoms with Gasteiger partial charge in [0.05, 0.1) is 0 Å². The zero-order valence-electron chi connectivity index (χ0n) is 15.4. The molecule has 2 fully saturated rings. The maximum Gasteiger partial charge on any atom is 0.221 e. The molecule has 3 atom stereocenters. The fourth-order valence-electron chi connectivity index (χ4n) is 3.67. The summed E-state index contributed by atoms with van der Waals surface area (Å²) in [6, 6.07) is 11.8. The Morgan fingerprint density at radius 3 is 2.73 bits per heavy atom. The predicted octanol–water partition coefficient (Wildman–Crippen LogP) is 3.09. The van der Waals surface area contributed by atoms with Gasteiger partial charge in [-0.15, -0.1) is 24.8 Å². The summed E-state index contributed by atoms with van der Waals surface area (Å²) in [5.41, 5.74) is 1.37. The normalized spacial score (nSPS) is 26.3. The summed E-state index contributed by atoms with van der Waals surface area (Å²) in [6.07, 6.45) is 2.72. The summed E-state index contributed by atoms with van der Waals surface area (Å²) < 4.78 is 0. The van der Waals surface area contributed by atoms with Gasteiger partial charge in [-0.1, -0.05) is 30.3 Å². The van der Waals surface area contributed by atoms with Crippen molar-refractivity contribution in [1.29, 1.82) is 0 Å². The average Bonchev–Trinajstić information content (AvgIpc) is 2.59. The molecule has 3 rings (SSSR count). The second-order valence-electron chi connectivity index (χ2n) is 7.02. The van der Waals surface area contributed by atoms with Crippen LogP contribution in [0.1, 0.15) is 31.7 Å². The molecule has 2 saturated heterocycles. The van der Waals surface area contributed by atoms with E-state index in [2.05, 4.69) is 52.8 Å². The lowest BCUT2D eigenvalue weighted by atomic mass is 9.97. The predicted molar refractivity (Wildman–Crippen MR) is 116 cm³/mol. The molecule has 0 aliphatic carbocycles. The minimum atomic E-state index is 0. The molecule has 0 saturated carbocycles. The Morgan fingerprint density at radius 1 is 1.31 bits per heavy atom. The Morgan fingerprint density at radius 2 is 2.08 bits per heavy atom. The van der Waals surface area contributed by atoms with Crippen molar-refractivity contribution in [1.82, 2.24) is 15.5 Å². The van der Waals surface area contributed by atoms with Crippen LogP contribution < -0.4 is 10.6 Å². The molecule has 148 valence electrons. The van der Waals surface area contributed by atoms with Crippen molar-refractivity contribution in [3.05, 3.63) is 35.9 Å². The molecule has 2 aliphatic rings. The minimum Gasteiger partial charge on any atom is -0.353 e. The molecular weight excluding hydrogens is 389 g/mol. The number of nitrogens with one attached hydrogen (secondary N) is 2. The fourth-order valence-corrected chi connectivity index (χ4v) is 4.61. The lowest BCUT2D eigenvalue weighted by molar-refractivity contribution is -0.122. The van der Waals surface area contributed by atoms with Crippen LogP contribution in [0.2, 0.25) is 0 Å². The number of nitrogens with zero attached hydrogens (tertiary/aromatic N) is 1. The van der Waals surface area contributed by atoms with Gasteiger partial charge in [0.2, 0.25) is 5.91 Å². The van der Waals surface area contributed by atoms with E-state index in [0.717, 1.165) is 44.0 Å². The summed E-state index contributed by atoms with van der Waals surface area (Å²) in [5.74, 6) is 2.43. The van der Waals surface area contributed by atoms with Gasteiger partial charge in [-0.05, 0) is 25.3 Å². The number of carbonyl (C=O) groups is 1. The summed E-state index contributed by atoms with van der Waals surface area (Å²) in [5, 5.41) is 6.71. The molecule has 1 aromatic rings. The Bertz CT molecular complexity index is 529. The van der Waals surface area contributed by atoms with Gasteiger partial charge in [0, 0.05) is 55.7 Å². The van der Waals surface area contributed by atoms with E-state index in [1.54, 1.807) is 0 Å². The third kappa shape index (κ3) is 7.28. The van der Waals surface area contributed by atoms with Gasteiger partial charge in [-0.2, -0.15) is 11.8 Å². The Hall–Kier alpha value is -0.460. The van der Waals surface area contributed by atoms with Gasteiger partial charge in [0.1, 0.15) is 0 Å². The van der Waals surface area contributed by atoms with Crippen LogP contribution in [0.25, 0.3) is 0 Å². The molecule has 4 nitrogen and oxygen atoms in total. The number of hydrogen-bond acceptors (Lipinski definition) is 4. The standard InChI is InChI=1S/C19H29N3OS.2ClH/c1-15-11-17(21-19(23)12-18-14-24-10-8-20-18)7-9-22(15)13-16-5-3-2-4-6-16;;/h2-6,15,17-18,20H,7-14H2,1H3,(H,21,23);2*1H. The molecule has 0 aromatic heterocycles. The molecule has 2 heterocycles. The van der Waals surface area contributed by atoms with Crippen LogP contribution in [0.4, 0.5) is 0 Å². The maximum absolute atomic E-state index is 12.3. The molecule has 0 spiro atoms. The zero-order chi connectivity index (χ0) is 16.8. The lowest BCUT2D eigenvalue weighted by Gasteiger charge is -2.38. The molecular formula is C19H31Cl2N3OS. The van der Waals surface area contributed by atoms with Gasteiger partial charge >= 0.3 is 0 Å². The van der Waals surface area contributed by atoms with E-state index in [-0.39, 0.29) is 30.7 Å². The first-order valence-electron chi connectivity index (χ1n) is 9.09. The lowest BCUT2D eigenvalue weighted by Crippen LogP contribution is -2.49. The monoisotopic (exact) mass is 419 g/mol. The zero-order valence-corrected chi connectivity index (χ0v) is 17.8. The third-order valence-corrected chi connectivity index (χ3v) is 6.17. The van der Waals surface area contributed by atoms with Crippen LogP contribution in [0.3, 0.4) is 0 Å². The van der Waals surface area contributed by atoms with Gasteiger partial charge in [-0.3, -0.25) is 9.69 Å². The first kappa shape index (κ1) is 23.6. The number of carbonyl (C=O) groups excluding carboxylic acids is 1. The van der Waals surface area contributed by atoms with Crippen LogP contribution in [0.15, 0.2) is 30.3 Å². The van der Waals surface area contributed by atoms with Crippen LogP contribution in [-0.4, -0.2) is 53.5 Å². The van der Waals surface area contributed by atoms with Crippen molar-refractivity contribution in [2.24, 2.45) is 0 Å². The van der Waals surface area contributed by atoms with Crippen LogP contribution in [-0.2, 0) is 11.3 Å². The summed E-state index contributed by atoms with van der Waals surface area (Å²) >= 11 is 1.94. The van der Waals surface area contributed by atoms with Crippen molar-refractivity contribution >= 4 is 42.5 Å². The molecule has 1 aromatic carbocycles. The van der Waals surface area contributed by atoms with Crippen LogP contribution in [0.5, 0.6) is 0 Å². The van der Waals surface area contributed by atoms with Gasteiger partial charge in [-0.25, -0.2) is 0 Å². The van der Waals surface area contributed by atoms with E-state index in [9.17, 15) is 4.79 Å². The fraction of sp³-hybridized carbons (Fsp3) is 0.632. The molecule has 1 amide bonds. The second kappa shape index (κ2) is 12.1. The summed E-state index contributed by atoms with van der Waals surface area (Å²) in [6.45, 7) is 5.36. The highest BCUT2D eigenvalue weighted by molar-refractivity contribution is 7.99. The highest BCUT2D eigenvalue weighted by Gasteiger charge is 2.27. The van der Waals surface area contributed by atoms with E-state index in [4.69, 9.17) is 0 Å². The largest absolute Gasteiger partial charge is 0.353 e. The number of benzene rings is 1. The molecule has 26 heavy (non-hydrogen) atoms. The van der Waals surface area contributed by atoms with E-state index in [0.29, 0.717) is 24.5 Å². The number of halogens is 2. The molecule has 7 heteroatoms.